The van der Waals surface area contributed by atoms with Crippen molar-refractivity contribution in [2.75, 3.05) is 5.32 Å². The quantitative estimate of drug-likeness (QED) is 0.714. The number of nitrogens with zero attached hydrogens (tertiary/aromatic N) is 2. The van der Waals surface area contributed by atoms with Crippen LogP contribution >= 0.6 is 0 Å². The van der Waals surface area contributed by atoms with Gasteiger partial charge in [0.2, 0.25) is 5.91 Å². The summed E-state index contributed by atoms with van der Waals surface area (Å²) in [7, 11) is 0. The maximum atomic E-state index is 12.4. The van der Waals surface area contributed by atoms with Gasteiger partial charge in [0.25, 0.3) is 0 Å². The molecule has 142 valence electrons. The number of anilines is 1. The summed E-state index contributed by atoms with van der Waals surface area (Å²) in [5.41, 5.74) is 1.20. The molecule has 0 bridgehead atoms. The molecule has 0 atom stereocenters. The number of unbranched alkanes of at least 4 members (excludes halogenated alkanes) is 1. The standard InChI is InChI=1S/C18H22F3N3O2/c1-12-7-6-8-13(11-12)22-15(25)17(2,3)10-5-4-9-14-23-16(26-24-14)18(19,20)21/h6-8,11H,4-5,9-10H2,1-3H3,(H,22,25). The van der Waals surface area contributed by atoms with Gasteiger partial charge < -0.3 is 9.84 Å². The molecule has 1 N–H and O–H groups in total. The number of amides is 1. The summed E-state index contributed by atoms with van der Waals surface area (Å²) in [6, 6.07) is 7.54. The largest absolute Gasteiger partial charge is 0.471 e. The van der Waals surface area contributed by atoms with Crippen LogP contribution in [0.4, 0.5) is 18.9 Å². The molecule has 2 aromatic rings. The first kappa shape index (κ1) is 19.9. The molecule has 0 aliphatic heterocycles. The Hall–Kier alpha value is -2.38. The van der Waals surface area contributed by atoms with Gasteiger partial charge in [0, 0.05) is 17.5 Å². The summed E-state index contributed by atoms with van der Waals surface area (Å²) < 4.78 is 41.4. The molecule has 26 heavy (non-hydrogen) atoms. The Morgan fingerprint density at radius 3 is 2.58 bits per heavy atom. The normalized spacial score (nSPS) is 12.2. The van der Waals surface area contributed by atoms with Crippen LogP contribution in [0.5, 0.6) is 0 Å². The molecule has 0 radical (unpaired) electrons. The minimum Gasteiger partial charge on any atom is -0.329 e. The number of alkyl halides is 3. The van der Waals surface area contributed by atoms with Gasteiger partial charge >= 0.3 is 12.1 Å². The predicted molar refractivity (Wildman–Crippen MR) is 90.4 cm³/mol. The second-order valence-corrected chi connectivity index (χ2v) is 6.93. The number of carbonyl (C=O) groups is 1. The van der Waals surface area contributed by atoms with Crippen molar-refractivity contribution in [1.29, 1.82) is 0 Å². The molecule has 0 saturated heterocycles. The molecule has 1 aromatic heterocycles. The molecular weight excluding hydrogens is 347 g/mol. The van der Waals surface area contributed by atoms with Crippen molar-refractivity contribution in [3.05, 3.63) is 41.5 Å². The van der Waals surface area contributed by atoms with E-state index in [-0.39, 0.29) is 18.2 Å². The smallest absolute Gasteiger partial charge is 0.329 e. The van der Waals surface area contributed by atoms with Crippen molar-refractivity contribution in [1.82, 2.24) is 10.1 Å². The number of benzene rings is 1. The highest BCUT2D eigenvalue weighted by molar-refractivity contribution is 5.94. The lowest BCUT2D eigenvalue weighted by molar-refractivity contribution is -0.159. The number of halogens is 3. The van der Waals surface area contributed by atoms with Crippen molar-refractivity contribution in [2.24, 2.45) is 5.41 Å². The second kappa shape index (κ2) is 7.88. The van der Waals surface area contributed by atoms with E-state index >= 15 is 0 Å². The Labute approximate surface area is 150 Å². The van der Waals surface area contributed by atoms with E-state index in [2.05, 4.69) is 20.0 Å². The third kappa shape index (κ3) is 5.57. The van der Waals surface area contributed by atoms with Crippen LogP contribution < -0.4 is 5.32 Å². The summed E-state index contributed by atoms with van der Waals surface area (Å²) in [6.45, 7) is 5.63. The van der Waals surface area contributed by atoms with Gasteiger partial charge in [-0.1, -0.05) is 37.6 Å². The number of carbonyl (C=O) groups excluding carboxylic acids is 1. The Balaban J connectivity index is 1.80. The summed E-state index contributed by atoms with van der Waals surface area (Å²) >= 11 is 0. The third-order valence-electron chi connectivity index (χ3n) is 4.05. The van der Waals surface area contributed by atoms with Crippen LogP contribution in [-0.2, 0) is 17.4 Å². The first-order chi connectivity index (χ1) is 12.1. The Morgan fingerprint density at radius 2 is 1.96 bits per heavy atom. The van der Waals surface area contributed by atoms with Gasteiger partial charge in [-0.15, -0.1) is 0 Å². The van der Waals surface area contributed by atoms with Crippen molar-refractivity contribution in [3.8, 4) is 0 Å². The van der Waals surface area contributed by atoms with Crippen LogP contribution in [0, 0.1) is 12.3 Å². The molecule has 0 fully saturated rings. The van der Waals surface area contributed by atoms with Crippen molar-refractivity contribution in [3.63, 3.8) is 0 Å². The fraction of sp³-hybridized carbons (Fsp3) is 0.500. The summed E-state index contributed by atoms with van der Waals surface area (Å²) in [5, 5.41) is 6.23. The van der Waals surface area contributed by atoms with E-state index in [1.54, 1.807) is 0 Å². The molecule has 2 rings (SSSR count). The zero-order chi connectivity index (χ0) is 19.4. The van der Waals surface area contributed by atoms with E-state index in [1.165, 1.54) is 0 Å². The molecule has 0 aliphatic rings. The van der Waals surface area contributed by atoms with Gasteiger partial charge in [-0.05, 0) is 37.5 Å². The van der Waals surface area contributed by atoms with Crippen LogP contribution in [0.2, 0.25) is 0 Å². The fourth-order valence-electron chi connectivity index (χ4n) is 2.46. The SMILES string of the molecule is Cc1cccc(NC(=O)C(C)(C)CCCCc2noc(C(F)(F)F)n2)c1. The van der Waals surface area contributed by atoms with Gasteiger partial charge in [0.05, 0.1) is 0 Å². The van der Waals surface area contributed by atoms with Crippen LogP contribution in [0.25, 0.3) is 0 Å². The molecule has 8 heteroatoms. The minimum absolute atomic E-state index is 0.0272. The summed E-state index contributed by atoms with van der Waals surface area (Å²) in [6.07, 6.45) is -2.53. The second-order valence-electron chi connectivity index (χ2n) is 6.93. The van der Waals surface area contributed by atoms with E-state index < -0.39 is 17.5 Å². The van der Waals surface area contributed by atoms with Crippen molar-refractivity contribution in [2.45, 2.75) is 52.6 Å². The third-order valence-corrected chi connectivity index (χ3v) is 4.05. The monoisotopic (exact) mass is 369 g/mol. The fourth-order valence-corrected chi connectivity index (χ4v) is 2.46. The van der Waals surface area contributed by atoms with Crippen molar-refractivity contribution >= 4 is 11.6 Å². The Bertz CT molecular complexity index is 754. The van der Waals surface area contributed by atoms with Crippen LogP contribution in [0.15, 0.2) is 28.8 Å². The minimum atomic E-state index is -4.62. The van der Waals surface area contributed by atoms with E-state index in [4.69, 9.17) is 0 Å². The number of aryl methyl sites for hydroxylation is 2. The average molecular weight is 369 g/mol. The molecule has 0 unspecified atom stereocenters. The number of rotatable bonds is 7. The first-order valence-corrected chi connectivity index (χ1v) is 8.36. The first-order valence-electron chi connectivity index (χ1n) is 8.36. The highest BCUT2D eigenvalue weighted by Crippen LogP contribution is 2.28. The Kier molecular flexibility index (Phi) is 6.05. The lowest BCUT2D eigenvalue weighted by atomic mass is 9.85. The van der Waals surface area contributed by atoms with Gasteiger partial charge in [0.1, 0.15) is 0 Å². The number of hydrogen-bond acceptors (Lipinski definition) is 4. The van der Waals surface area contributed by atoms with E-state index in [1.807, 2.05) is 45.0 Å². The highest BCUT2D eigenvalue weighted by Gasteiger charge is 2.38. The van der Waals surface area contributed by atoms with Gasteiger partial charge in [-0.3, -0.25) is 4.79 Å². The van der Waals surface area contributed by atoms with Crippen LogP contribution in [0.1, 0.15) is 50.4 Å². The molecule has 1 heterocycles. The molecule has 0 aliphatic carbocycles. The topological polar surface area (TPSA) is 68.0 Å². The maximum absolute atomic E-state index is 12.4. The number of aromatic nitrogens is 2. The summed E-state index contributed by atoms with van der Waals surface area (Å²) in [4.78, 5) is 15.8. The molecule has 1 aromatic carbocycles. The zero-order valence-corrected chi connectivity index (χ0v) is 15.0. The lowest BCUT2D eigenvalue weighted by Crippen LogP contribution is -2.30. The summed E-state index contributed by atoms with van der Waals surface area (Å²) in [5.74, 6) is -1.40. The van der Waals surface area contributed by atoms with Gasteiger partial charge in [-0.25, -0.2) is 0 Å². The lowest BCUT2D eigenvalue weighted by Gasteiger charge is -2.23. The molecule has 1 amide bonds. The molecule has 0 spiro atoms. The molecular formula is C18H22F3N3O2. The van der Waals surface area contributed by atoms with Crippen molar-refractivity contribution < 1.29 is 22.5 Å². The van der Waals surface area contributed by atoms with Crippen LogP contribution in [-0.4, -0.2) is 16.0 Å². The highest BCUT2D eigenvalue weighted by atomic mass is 19.4. The molecule has 0 saturated carbocycles. The Morgan fingerprint density at radius 1 is 1.23 bits per heavy atom. The molecule has 5 nitrogen and oxygen atoms in total. The number of hydrogen-bond donors (Lipinski definition) is 1. The predicted octanol–water partition coefficient (Wildman–Crippen LogP) is 4.77. The maximum Gasteiger partial charge on any atom is 0.471 e. The number of nitrogens with one attached hydrogen (secondary N) is 1. The van der Waals surface area contributed by atoms with Gasteiger partial charge in [0.15, 0.2) is 5.82 Å². The van der Waals surface area contributed by atoms with E-state index in [9.17, 15) is 18.0 Å². The van der Waals surface area contributed by atoms with E-state index in [0.29, 0.717) is 19.3 Å². The average Bonchev–Trinajstić information content (AvgIpc) is 3.01. The van der Waals surface area contributed by atoms with Crippen LogP contribution in [0.3, 0.4) is 0 Å². The zero-order valence-electron chi connectivity index (χ0n) is 15.0. The van der Waals surface area contributed by atoms with E-state index in [0.717, 1.165) is 11.3 Å². The van der Waals surface area contributed by atoms with Gasteiger partial charge in [-0.2, -0.15) is 18.2 Å².